The van der Waals surface area contributed by atoms with Crippen LogP contribution in [0.3, 0.4) is 0 Å². The number of halogens is 5. The lowest BCUT2D eigenvalue weighted by molar-refractivity contribution is -0.274. The van der Waals surface area contributed by atoms with Gasteiger partial charge in [-0.3, -0.25) is 4.79 Å². The van der Waals surface area contributed by atoms with E-state index in [1.54, 1.807) is 17.0 Å². The van der Waals surface area contributed by atoms with Crippen LogP contribution < -0.4 is 15.4 Å². The van der Waals surface area contributed by atoms with E-state index < -0.39 is 18.0 Å². The van der Waals surface area contributed by atoms with Crippen LogP contribution in [0.25, 0.3) is 11.3 Å². The van der Waals surface area contributed by atoms with Crippen LogP contribution in [0.2, 0.25) is 10.0 Å². The molecule has 0 atom stereocenters. The lowest BCUT2D eigenvalue weighted by atomic mass is 10.1. The quantitative estimate of drug-likeness (QED) is 0.536. The van der Waals surface area contributed by atoms with E-state index in [1.807, 2.05) is 6.07 Å². The van der Waals surface area contributed by atoms with Gasteiger partial charge in [0.15, 0.2) is 0 Å². The normalized spacial score (nSPS) is 14.5. The molecule has 2 aromatic carbocycles. The molecule has 174 valence electrons. The van der Waals surface area contributed by atoms with Gasteiger partial charge in [0.1, 0.15) is 17.0 Å². The SMILES string of the molecule is Nc1onc(-c2cccc(OC(F)(F)F)c2)c1C(=O)N1CCN(c2ccc(Cl)c(Cl)c2)CC1. The van der Waals surface area contributed by atoms with Crippen molar-refractivity contribution < 1.29 is 27.2 Å². The monoisotopic (exact) mass is 500 g/mol. The Morgan fingerprint density at radius 1 is 1.06 bits per heavy atom. The van der Waals surface area contributed by atoms with E-state index in [0.717, 1.165) is 17.8 Å². The van der Waals surface area contributed by atoms with Gasteiger partial charge in [-0.15, -0.1) is 13.2 Å². The van der Waals surface area contributed by atoms with Crippen molar-refractivity contribution in [2.24, 2.45) is 0 Å². The Kier molecular flexibility index (Phi) is 6.31. The molecule has 1 fully saturated rings. The molecule has 0 unspecified atom stereocenters. The minimum absolute atomic E-state index is 0.0119. The molecule has 0 saturated carbocycles. The summed E-state index contributed by atoms with van der Waals surface area (Å²) >= 11 is 12.1. The third-order valence-electron chi connectivity index (χ3n) is 5.11. The molecule has 1 aliphatic heterocycles. The molecule has 0 spiro atoms. The second-order valence-corrected chi connectivity index (χ2v) is 8.04. The zero-order valence-corrected chi connectivity index (χ0v) is 18.4. The zero-order valence-electron chi connectivity index (χ0n) is 16.9. The van der Waals surface area contributed by atoms with Crippen LogP contribution in [-0.2, 0) is 0 Å². The molecule has 0 aliphatic carbocycles. The lowest BCUT2D eigenvalue weighted by Gasteiger charge is -2.36. The van der Waals surface area contributed by atoms with Crippen LogP contribution in [0.4, 0.5) is 24.7 Å². The van der Waals surface area contributed by atoms with Crippen LogP contribution >= 0.6 is 23.2 Å². The van der Waals surface area contributed by atoms with Gasteiger partial charge < -0.3 is 24.8 Å². The largest absolute Gasteiger partial charge is 0.573 e. The maximum Gasteiger partial charge on any atom is 0.573 e. The van der Waals surface area contributed by atoms with Crippen molar-refractivity contribution in [1.82, 2.24) is 10.1 Å². The molecule has 1 aromatic heterocycles. The number of amides is 1. The number of nitrogens with zero attached hydrogens (tertiary/aromatic N) is 3. The highest BCUT2D eigenvalue weighted by Crippen LogP contribution is 2.33. The fraction of sp³-hybridized carbons (Fsp3) is 0.238. The minimum Gasteiger partial charge on any atom is -0.406 e. The number of carbonyl (C=O) groups excluding carboxylic acids is 1. The van der Waals surface area contributed by atoms with Crippen LogP contribution in [0.1, 0.15) is 10.4 Å². The smallest absolute Gasteiger partial charge is 0.406 e. The second-order valence-electron chi connectivity index (χ2n) is 7.22. The Hall–Kier alpha value is -3.11. The van der Waals surface area contributed by atoms with Crippen molar-refractivity contribution in [1.29, 1.82) is 0 Å². The van der Waals surface area contributed by atoms with Gasteiger partial charge in [0, 0.05) is 37.4 Å². The summed E-state index contributed by atoms with van der Waals surface area (Å²) in [6, 6.07) is 10.4. The summed E-state index contributed by atoms with van der Waals surface area (Å²) in [6.07, 6.45) is -4.85. The molecule has 4 rings (SSSR count). The van der Waals surface area contributed by atoms with Gasteiger partial charge in [-0.05, 0) is 30.3 Å². The van der Waals surface area contributed by atoms with Crippen LogP contribution in [0.5, 0.6) is 5.75 Å². The van der Waals surface area contributed by atoms with Gasteiger partial charge in [0.2, 0.25) is 5.88 Å². The Morgan fingerprint density at radius 2 is 1.79 bits per heavy atom. The highest BCUT2D eigenvalue weighted by Gasteiger charge is 2.32. The maximum atomic E-state index is 13.2. The number of rotatable bonds is 4. The van der Waals surface area contributed by atoms with E-state index in [-0.39, 0.29) is 22.7 Å². The van der Waals surface area contributed by atoms with Gasteiger partial charge in [0.05, 0.1) is 10.0 Å². The Morgan fingerprint density at radius 3 is 2.45 bits per heavy atom. The number of hydrogen-bond donors (Lipinski definition) is 1. The van der Waals surface area contributed by atoms with Gasteiger partial charge in [-0.25, -0.2) is 0 Å². The molecule has 0 radical (unpaired) electrons. The summed E-state index contributed by atoms with van der Waals surface area (Å²) in [5.41, 5.74) is 6.96. The maximum absolute atomic E-state index is 13.2. The number of piperazine rings is 1. The van der Waals surface area contributed by atoms with E-state index >= 15 is 0 Å². The minimum atomic E-state index is -4.85. The first-order valence-electron chi connectivity index (χ1n) is 9.73. The Balaban J connectivity index is 1.52. The standard InChI is InChI=1S/C21H17Cl2F3N4O3/c22-15-5-4-13(11-16(15)23)29-6-8-30(9-7-29)20(31)17-18(28-33-19(17)27)12-2-1-3-14(10-12)32-21(24,25)26/h1-5,10-11H,6-9,27H2. The first-order valence-corrected chi connectivity index (χ1v) is 10.5. The van der Waals surface area contributed by atoms with Gasteiger partial charge in [-0.2, -0.15) is 0 Å². The third kappa shape index (κ3) is 5.12. The number of alkyl halides is 3. The van der Waals surface area contributed by atoms with Crippen LogP contribution in [-0.4, -0.2) is 48.5 Å². The van der Waals surface area contributed by atoms with Crippen molar-refractivity contribution >= 4 is 40.7 Å². The van der Waals surface area contributed by atoms with Crippen molar-refractivity contribution in [3.8, 4) is 17.0 Å². The number of ether oxygens (including phenoxy) is 1. The summed E-state index contributed by atoms with van der Waals surface area (Å²) in [7, 11) is 0. The summed E-state index contributed by atoms with van der Waals surface area (Å²) in [5, 5.41) is 4.69. The average Bonchev–Trinajstić information content (AvgIpc) is 3.15. The van der Waals surface area contributed by atoms with Crippen molar-refractivity contribution in [2.45, 2.75) is 6.36 Å². The van der Waals surface area contributed by atoms with Crippen molar-refractivity contribution in [3.05, 3.63) is 58.1 Å². The van der Waals surface area contributed by atoms with Gasteiger partial charge >= 0.3 is 6.36 Å². The number of aromatic nitrogens is 1. The van der Waals surface area contributed by atoms with Crippen LogP contribution in [0, 0.1) is 0 Å². The lowest BCUT2D eigenvalue weighted by Crippen LogP contribution is -2.49. The summed E-state index contributed by atoms with van der Waals surface area (Å²) in [4.78, 5) is 16.8. The van der Waals surface area contributed by atoms with E-state index in [1.165, 1.54) is 12.1 Å². The fourth-order valence-corrected chi connectivity index (χ4v) is 3.85. The second kappa shape index (κ2) is 9.03. The Bertz CT molecular complexity index is 1180. The average molecular weight is 501 g/mol. The molecular formula is C21H17Cl2F3N4O3. The number of nitrogen functional groups attached to an aromatic ring is 1. The number of hydrogen-bond acceptors (Lipinski definition) is 6. The predicted octanol–water partition coefficient (Wildman–Crippen LogP) is 5.09. The molecule has 1 amide bonds. The Labute approximate surface area is 196 Å². The van der Waals surface area contributed by atoms with E-state index in [9.17, 15) is 18.0 Å². The summed E-state index contributed by atoms with van der Waals surface area (Å²) < 4.78 is 46.7. The molecular weight excluding hydrogens is 484 g/mol. The van der Waals surface area contributed by atoms with Crippen molar-refractivity contribution in [3.63, 3.8) is 0 Å². The topological polar surface area (TPSA) is 84.8 Å². The zero-order chi connectivity index (χ0) is 23.8. The van der Waals surface area contributed by atoms with E-state index in [2.05, 4.69) is 14.8 Å². The van der Waals surface area contributed by atoms with E-state index in [4.69, 9.17) is 33.5 Å². The molecule has 2 heterocycles. The highest BCUT2D eigenvalue weighted by atomic mass is 35.5. The molecule has 0 bridgehead atoms. The van der Waals surface area contributed by atoms with Gasteiger partial charge in [-0.1, -0.05) is 40.5 Å². The number of carbonyl (C=O) groups is 1. The number of nitrogens with two attached hydrogens (primary N) is 1. The highest BCUT2D eigenvalue weighted by molar-refractivity contribution is 6.42. The molecule has 12 heteroatoms. The van der Waals surface area contributed by atoms with Crippen molar-refractivity contribution in [2.75, 3.05) is 36.8 Å². The summed E-state index contributed by atoms with van der Waals surface area (Å²) in [6.45, 7) is 1.80. The molecule has 3 aromatic rings. The first-order chi connectivity index (χ1) is 15.6. The van der Waals surface area contributed by atoms with Gasteiger partial charge in [0.25, 0.3) is 5.91 Å². The first kappa shape index (κ1) is 23.1. The molecule has 1 saturated heterocycles. The summed E-state index contributed by atoms with van der Waals surface area (Å²) in [5.74, 6) is -1.10. The molecule has 7 nitrogen and oxygen atoms in total. The predicted molar refractivity (Wildman–Crippen MR) is 118 cm³/mol. The number of anilines is 2. The fourth-order valence-electron chi connectivity index (χ4n) is 3.55. The molecule has 2 N–H and O–H groups in total. The molecule has 1 aliphatic rings. The number of benzene rings is 2. The molecule has 33 heavy (non-hydrogen) atoms. The van der Waals surface area contributed by atoms with Crippen LogP contribution in [0.15, 0.2) is 47.0 Å². The third-order valence-corrected chi connectivity index (χ3v) is 5.85. The van der Waals surface area contributed by atoms with E-state index in [0.29, 0.717) is 36.2 Å².